The zero-order chi connectivity index (χ0) is 17.4. The van der Waals surface area contributed by atoms with Crippen molar-refractivity contribution in [3.63, 3.8) is 0 Å². The highest BCUT2D eigenvalue weighted by Crippen LogP contribution is 2.48. The van der Waals surface area contributed by atoms with Crippen molar-refractivity contribution in [3.05, 3.63) is 33.5 Å². The van der Waals surface area contributed by atoms with E-state index in [0.29, 0.717) is 12.0 Å². The van der Waals surface area contributed by atoms with Gasteiger partial charge in [-0.25, -0.2) is 0 Å². The highest BCUT2D eigenvalue weighted by Gasteiger charge is 2.51. The summed E-state index contributed by atoms with van der Waals surface area (Å²) in [7, 11) is 0. The van der Waals surface area contributed by atoms with Crippen LogP contribution in [0.2, 0.25) is 0 Å². The standard InChI is InChI=1S/C17H20N2O4S/c1-3-11-8(2)24-7-12(11)15(20)18-19-16(21)13-9-4-5-10(6-9)14(13)17(22)23/h4-5,7,9-10,13-14H,3,6H2,1-2H3,(H,18,20)(H,19,21)(H,22,23)/t9-,10-,13+,14+/m0/s1. The monoisotopic (exact) mass is 348 g/mol. The van der Waals surface area contributed by atoms with E-state index in [4.69, 9.17) is 0 Å². The Morgan fingerprint density at radius 3 is 2.50 bits per heavy atom. The minimum atomic E-state index is -0.958. The third-order valence-corrected chi connectivity index (χ3v) is 6.00. The zero-order valence-electron chi connectivity index (χ0n) is 13.5. The van der Waals surface area contributed by atoms with Gasteiger partial charge in [-0.15, -0.1) is 11.3 Å². The van der Waals surface area contributed by atoms with Crippen LogP contribution < -0.4 is 10.9 Å². The average Bonchev–Trinajstić information content (AvgIpc) is 3.25. The van der Waals surface area contributed by atoms with Crippen molar-refractivity contribution in [1.29, 1.82) is 0 Å². The topological polar surface area (TPSA) is 95.5 Å². The number of fused-ring (bicyclic) bond motifs is 2. The summed E-state index contributed by atoms with van der Waals surface area (Å²) in [6.45, 7) is 3.93. The van der Waals surface area contributed by atoms with Gasteiger partial charge in [-0.05, 0) is 37.2 Å². The third-order valence-electron chi connectivity index (χ3n) is 5.05. The van der Waals surface area contributed by atoms with Crippen LogP contribution in [-0.2, 0) is 16.0 Å². The lowest BCUT2D eigenvalue weighted by Gasteiger charge is -2.23. The van der Waals surface area contributed by atoms with Gasteiger partial charge in [0.05, 0.1) is 17.4 Å². The number of carboxylic acid groups (broad SMARTS) is 1. The molecule has 1 aromatic rings. The Bertz CT molecular complexity index is 724. The first kappa shape index (κ1) is 16.7. The van der Waals surface area contributed by atoms with Crippen LogP contribution in [-0.4, -0.2) is 22.9 Å². The molecule has 3 rings (SSSR count). The first-order chi connectivity index (χ1) is 11.4. The molecule has 2 aliphatic rings. The van der Waals surface area contributed by atoms with Crippen molar-refractivity contribution in [1.82, 2.24) is 10.9 Å². The minimum Gasteiger partial charge on any atom is -0.481 e. The second-order valence-corrected chi connectivity index (χ2v) is 7.40. The molecule has 128 valence electrons. The predicted octanol–water partition coefficient (Wildman–Crippen LogP) is 1.90. The Labute approximate surface area is 143 Å². The number of rotatable bonds is 4. The summed E-state index contributed by atoms with van der Waals surface area (Å²) in [6, 6.07) is 0. The lowest BCUT2D eigenvalue weighted by Crippen LogP contribution is -2.48. The average molecular weight is 348 g/mol. The molecule has 1 fully saturated rings. The fraction of sp³-hybridized carbons (Fsp3) is 0.471. The molecular weight excluding hydrogens is 328 g/mol. The smallest absolute Gasteiger partial charge is 0.307 e. The number of hydrogen-bond acceptors (Lipinski definition) is 4. The number of nitrogens with one attached hydrogen (secondary N) is 2. The normalized spacial score (nSPS) is 27.2. The van der Waals surface area contributed by atoms with E-state index in [1.165, 1.54) is 11.3 Å². The molecule has 0 aromatic carbocycles. The molecule has 0 saturated heterocycles. The van der Waals surface area contributed by atoms with Gasteiger partial charge in [0.15, 0.2) is 0 Å². The first-order valence-electron chi connectivity index (χ1n) is 8.02. The molecule has 6 nitrogen and oxygen atoms in total. The van der Waals surface area contributed by atoms with Gasteiger partial charge in [-0.2, -0.15) is 0 Å². The van der Waals surface area contributed by atoms with Gasteiger partial charge in [0.25, 0.3) is 5.91 Å². The molecule has 2 aliphatic carbocycles. The Hall–Kier alpha value is -2.15. The molecule has 2 amide bonds. The van der Waals surface area contributed by atoms with Crippen LogP contribution >= 0.6 is 11.3 Å². The van der Waals surface area contributed by atoms with E-state index in [1.807, 2.05) is 26.0 Å². The van der Waals surface area contributed by atoms with Gasteiger partial charge >= 0.3 is 5.97 Å². The van der Waals surface area contributed by atoms with Crippen molar-refractivity contribution in [2.45, 2.75) is 26.7 Å². The number of hydrogen-bond donors (Lipinski definition) is 3. The van der Waals surface area contributed by atoms with Crippen LogP contribution in [0.15, 0.2) is 17.5 Å². The molecule has 1 aromatic heterocycles. The second kappa shape index (κ2) is 6.39. The number of carbonyl (C=O) groups is 3. The van der Waals surface area contributed by atoms with E-state index in [0.717, 1.165) is 16.9 Å². The van der Waals surface area contributed by atoms with Crippen molar-refractivity contribution < 1.29 is 19.5 Å². The quantitative estimate of drug-likeness (QED) is 0.572. The Morgan fingerprint density at radius 2 is 1.88 bits per heavy atom. The SMILES string of the molecule is CCc1c(C(=O)NNC(=O)[C@H]2[C@H](C(=O)O)[C@H]3C=C[C@H]2C3)csc1C. The van der Waals surface area contributed by atoms with Gasteiger partial charge in [0.2, 0.25) is 5.91 Å². The van der Waals surface area contributed by atoms with Crippen molar-refractivity contribution in [2.24, 2.45) is 23.7 Å². The van der Waals surface area contributed by atoms with Crippen LogP contribution in [0, 0.1) is 30.6 Å². The highest BCUT2D eigenvalue weighted by atomic mass is 32.1. The van der Waals surface area contributed by atoms with E-state index in [-0.39, 0.29) is 17.7 Å². The second-order valence-electron chi connectivity index (χ2n) is 6.32. The number of hydrazine groups is 1. The molecule has 0 aliphatic heterocycles. The molecule has 0 radical (unpaired) electrons. The van der Waals surface area contributed by atoms with Crippen molar-refractivity contribution in [3.8, 4) is 0 Å². The zero-order valence-corrected chi connectivity index (χ0v) is 14.4. The number of carboxylic acids is 1. The number of amides is 2. The lowest BCUT2D eigenvalue weighted by atomic mass is 9.82. The maximum absolute atomic E-state index is 12.4. The summed E-state index contributed by atoms with van der Waals surface area (Å²) in [5, 5.41) is 11.2. The Kier molecular flexibility index (Phi) is 4.45. The number of thiophene rings is 1. The Morgan fingerprint density at radius 1 is 1.21 bits per heavy atom. The van der Waals surface area contributed by atoms with Crippen molar-refractivity contribution >= 4 is 29.1 Å². The minimum absolute atomic E-state index is 0.0670. The molecule has 0 spiro atoms. The summed E-state index contributed by atoms with van der Waals surface area (Å²) in [5.74, 6) is -3.26. The van der Waals surface area contributed by atoms with Crippen LogP contribution in [0.25, 0.3) is 0 Å². The van der Waals surface area contributed by atoms with E-state index in [1.54, 1.807) is 5.38 Å². The first-order valence-corrected chi connectivity index (χ1v) is 8.90. The molecule has 1 saturated carbocycles. The molecule has 7 heteroatoms. The maximum Gasteiger partial charge on any atom is 0.307 e. The molecule has 24 heavy (non-hydrogen) atoms. The molecular formula is C17H20N2O4S. The number of carbonyl (C=O) groups excluding carboxylic acids is 2. The fourth-order valence-corrected chi connectivity index (χ4v) is 4.84. The number of aliphatic carboxylic acids is 1. The molecule has 1 heterocycles. The summed E-state index contributed by atoms with van der Waals surface area (Å²) in [6.07, 6.45) is 5.22. The summed E-state index contributed by atoms with van der Waals surface area (Å²) < 4.78 is 0. The Balaban J connectivity index is 1.66. The van der Waals surface area contributed by atoms with Crippen LogP contribution in [0.1, 0.15) is 34.1 Å². The maximum atomic E-state index is 12.4. The van der Waals surface area contributed by atoms with Crippen LogP contribution in [0.3, 0.4) is 0 Å². The predicted molar refractivity (Wildman–Crippen MR) is 89.4 cm³/mol. The van der Waals surface area contributed by atoms with Gasteiger partial charge < -0.3 is 5.11 Å². The summed E-state index contributed by atoms with van der Waals surface area (Å²) in [5.41, 5.74) is 6.38. The van der Waals surface area contributed by atoms with Gasteiger partial charge in [0.1, 0.15) is 0 Å². The summed E-state index contributed by atoms with van der Waals surface area (Å²) in [4.78, 5) is 37.2. The van der Waals surface area contributed by atoms with Crippen molar-refractivity contribution in [2.75, 3.05) is 0 Å². The van der Waals surface area contributed by atoms with Gasteiger partial charge in [-0.3, -0.25) is 25.2 Å². The fourth-order valence-electron chi connectivity index (χ4n) is 3.89. The van der Waals surface area contributed by atoms with Crippen LogP contribution in [0.5, 0.6) is 0 Å². The molecule has 4 atom stereocenters. The number of allylic oxidation sites excluding steroid dienone is 2. The molecule has 3 N–H and O–H groups in total. The summed E-state index contributed by atoms with van der Waals surface area (Å²) >= 11 is 1.50. The van der Waals surface area contributed by atoms with E-state index >= 15 is 0 Å². The lowest BCUT2D eigenvalue weighted by molar-refractivity contribution is -0.148. The van der Waals surface area contributed by atoms with E-state index in [9.17, 15) is 19.5 Å². The van der Waals surface area contributed by atoms with Gasteiger partial charge in [-0.1, -0.05) is 19.1 Å². The van der Waals surface area contributed by atoms with Gasteiger partial charge in [0, 0.05) is 10.3 Å². The molecule has 2 bridgehead atoms. The highest BCUT2D eigenvalue weighted by molar-refractivity contribution is 7.10. The third kappa shape index (κ3) is 2.73. The van der Waals surface area contributed by atoms with E-state index in [2.05, 4.69) is 10.9 Å². The van der Waals surface area contributed by atoms with E-state index < -0.39 is 23.7 Å². The molecule has 0 unspecified atom stereocenters. The number of aryl methyl sites for hydroxylation is 1. The largest absolute Gasteiger partial charge is 0.481 e. The van der Waals surface area contributed by atoms with Crippen LogP contribution in [0.4, 0.5) is 0 Å².